The second-order valence-corrected chi connectivity index (χ2v) is 11.7. The summed E-state index contributed by atoms with van der Waals surface area (Å²) in [5.74, 6) is -0.186. The average molecular weight is 482 g/mol. The topological polar surface area (TPSA) is 102 Å². The minimum absolute atomic E-state index is 0.0460. The van der Waals surface area contributed by atoms with Gasteiger partial charge in [0.1, 0.15) is 5.60 Å². The quantitative estimate of drug-likeness (QED) is 0.520. The number of nitrogen functional groups attached to an aromatic ring is 1. The monoisotopic (exact) mass is 481 g/mol. The zero-order chi connectivity index (χ0) is 24.5. The van der Waals surface area contributed by atoms with Crippen LogP contribution in [-0.4, -0.2) is 39.2 Å². The Morgan fingerprint density at radius 2 is 1.85 bits per heavy atom. The second kappa shape index (κ2) is 9.18. The van der Waals surface area contributed by atoms with E-state index in [0.29, 0.717) is 28.1 Å². The van der Waals surface area contributed by atoms with E-state index in [-0.39, 0.29) is 11.8 Å². The smallest absolute Gasteiger partial charge is 0.407 e. The number of alkyl carbamates (subject to hydrolysis) is 1. The third-order valence-corrected chi connectivity index (χ3v) is 7.55. The molecule has 34 heavy (non-hydrogen) atoms. The van der Waals surface area contributed by atoms with Gasteiger partial charge in [-0.25, -0.2) is 13.2 Å². The number of benzene rings is 3. The summed E-state index contributed by atoms with van der Waals surface area (Å²) in [7, 11) is -3.62. The Kier molecular flexibility index (Phi) is 6.45. The maximum Gasteiger partial charge on any atom is 0.407 e. The molecule has 7 nitrogen and oxygen atoms in total. The number of nitrogens with two attached hydrogens (primary N) is 1. The predicted molar refractivity (Wildman–Crippen MR) is 136 cm³/mol. The van der Waals surface area contributed by atoms with Crippen molar-refractivity contribution < 1.29 is 17.9 Å². The van der Waals surface area contributed by atoms with Crippen LogP contribution in [0.15, 0.2) is 65.6 Å². The number of anilines is 2. The molecule has 180 valence electrons. The van der Waals surface area contributed by atoms with E-state index in [1.165, 1.54) is 0 Å². The molecule has 0 radical (unpaired) electrons. The molecule has 1 fully saturated rings. The number of rotatable bonds is 5. The van der Waals surface area contributed by atoms with Crippen LogP contribution in [0.2, 0.25) is 0 Å². The number of carbonyl (C=O) groups excluding carboxylic acids is 1. The summed E-state index contributed by atoms with van der Waals surface area (Å²) in [5.41, 5.74) is 7.51. The van der Waals surface area contributed by atoms with Crippen molar-refractivity contribution in [2.75, 3.05) is 23.7 Å². The molecular weight excluding hydrogens is 450 g/mol. The molecule has 1 heterocycles. The number of hydrogen-bond acceptors (Lipinski definition) is 6. The molecule has 0 bridgehead atoms. The number of sulfone groups is 1. The number of hydrogen-bond donors (Lipinski definition) is 2. The lowest BCUT2D eigenvalue weighted by atomic mass is 10.1. The number of nitrogens with one attached hydrogen (secondary N) is 1. The number of nitrogens with zero attached hydrogens (tertiary/aromatic N) is 1. The highest BCUT2D eigenvalue weighted by Gasteiger charge is 2.27. The summed E-state index contributed by atoms with van der Waals surface area (Å²) >= 11 is 0. The van der Waals surface area contributed by atoms with E-state index < -0.39 is 21.5 Å². The fourth-order valence-corrected chi connectivity index (χ4v) is 5.87. The number of fused-ring (bicyclic) bond motifs is 1. The van der Waals surface area contributed by atoms with Crippen LogP contribution >= 0.6 is 0 Å². The molecule has 8 heteroatoms. The summed E-state index contributed by atoms with van der Waals surface area (Å²) in [5, 5.41) is 4.50. The first kappa shape index (κ1) is 23.9. The van der Waals surface area contributed by atoms with E-state index in [0.717, 1.165) is 24.0 Å². The van der Waals surface area contributed by atoms with Gasteiger partial charge in [-0.1, -0.05) is 36.4 Å². The second-order valence-electron chi connectivity index (χ2n) is 9.70. The van der Waals surface area contributed by atoms with Crippen LogP contribution in [0.5, 0.6) is 0 Å². The highest BCUT2D eigenvalue weighted by atomic mass is 32.2. The van der Waals surface area contributed by atoms with Gasteiger partial charge in [0.15, 0.2) is 9.84 Å². The molecule has 3 aromatic rings. The van der Waals surface area contributed by atoms with E-state index in [9.17, 15) is 13.2 Å². The van der Waals surface area contributed by atoms with Gasteiger partial charge in [-0.2, -0.15) is 0 Å². The minimum atomic E-state index is -3.62. The standard InChI is InChI=1S/C26H31N3O4S/c1-26(2,3)33-25(30)28-20-13-14-29(16-20)21-11-12-23(27)19(15-21)17-34(31,32)24-10-6-8-18-7-4-5-9-22(18)24/h4-12,15,20H,13-14,16-17,27H2,1-3H3,(H,28,30)/t20-/m1/s1. The highest BCUT2D eigenvalue weighted by Crippen LogP contribution is 2.30. The zero-order valence-electron chi connectivity index (χ0n) is 19.7. The Labute approximate surface area is 200 Å². The molecule has 0 aromatic heterocycles. The van der Waals surface area contributed by atoms with Gasteiger partial charge in [0.05, 0.1) is 16.7 Å². The summed E-state index contributed by atoms with van der Waals surface area (Å²) in [6.45, 7) is 6.83. The van der Waals surface area contributed by atoms with Gasteiger partial charge in [-0.15, -0.1) is 0 Å². The first-order valence-electron chi connectivity index (χ1n) is 11.4. The van der Waals surface area contributed by atoms with E-state index in [1.807, 2.05) is 63.2 Å². The maximum absolute atomic E-state index is 13.4. The Hall–Kier alpha value is -3.26. The molecule has 1 amide bonds. The maximum atomic E-state index is 13.4. The number of carbonyl (C=O) groups is 1. The summed E-state index contributed by atoms with van der Waals surface area (Å²) in [6.07, 6.45) is 0.339. The van der Waals surface area contributed by atoms with Crippen molar-refractivity contribution in [3.05, 3.63) is 66.2 Å². The van der Waals surface area contributed by atoms with Crippen molar-refractivity contribution >= 4 is 38.1 Å². The van der Waals surface area contributed by atoms with Crippen molar-refractivity contribution in [3.8, 4) is 0 Å². The molecule has 0 unspecified atom stereocenters. The SMILES string of the molecule is CC(C)(C)OC(=O)N[C@@H]1CCN(c2ccc(N)c(CS(=O)(=O)c3cccc4ccccc34)c2)C1. The first-order chi connectivity index (χ1) is 16.0. The predicted octanol–water partition coefficient (Wildman–Crippen LogP) is 4.50. The number of amides is 1. The van der Waals surface area contributed by atoms with Gasteiger partial charge in [-0.3, -0.25) is 0 Å². The minimum Gasteiger partial charge on any atom is -0.444 e. The Bertz CT molecular complexity index is 1310. The highest BCUT2D eigenvalue weighted by molar-refractivity contribution is 7.90. The van der Waals surface area contributed by atoms with Gasteiger partial charge in [0.25, 0.3) is 0 Å². The Morgan fingerprint density at radius 1 is 1.12 bits per heavy atom. The molecule has 1 aliphatic rings. The van der Waals surface area contributed by atoms with E-state index in [4.69, 9.17) is 10.5 Å². The molecule has 0 spiro atoms. The summed E-state index contributed by atoms with van der Waals surface area (Å²) in [4.78, 5) is 14.5. The van der Waals surface area contributed by atoms with Gasteiger partial charge in [-0.05, 0) is 62.4 Å². The van der Waals surface area contributed by atoms with Crippen LogP contribution in [0.4, 0.5) is 16.2 Å². The zero-order valence-corrected chi connectivity index (χ0v) is 20.6. The number of ether oxygens (including phenoxy) is 1. The fraction of sp³-hybridized carbons (Fsp3) is 0.346. The van der Waals surface area contributed by atoms with Crippen molar-refractivity contribution in [2.24, 2.45) is 0 Å². The van der Waals surface area contributed by atoms with Crippen LogP contribution in [0.3, 0.4) is 0 Å². The summed E-state index contributed by atoms with van der Waals surface area (Å²) in [6, 6.07) is 18.2. The van der Waals surface area contributed by atoms with Gasteiger partial charge >= 0.3 is 6.09 Å². The van der Waals surface area contributed by atoms with E-state index in [2.05, 4.69) is 10.2 Å². The fourth-order valence-electron chi connectivity index (χ4n) is 4.25. The lowest BCUT2D eigenvalue weighted by Crippen LogP contribution is -2.40. The lowest BCUT2D eigenvalue weighted by Gasteiger charge is -2.23. The van der Waals surface area contributed by atoms with Gasteiger partial charge in [0, 0.05) is 29.9 Å². The third-order valence-electron chi connectivity index (χ3n) is 5.83. The van der Waals surface area contributed by atoms with Crippen molar-refractivity contribution in [2.45, 2.75) is 49.5 Å². The Balaban J connectivity index is 1.51. The van der Waals surface area contributed by atoms with Gasteiger partial charge < -0.3 is 20.7 Å². The van der Waals surface area contributed by atoms with Crippen molar-refractivity contribution in [3.63, 3.8) is 0 Å². The Morgan fingerprint density at radius 3 is 2.62 bits per heavy atom. The van der Waals surface area contributed by atoms with E-state index in [1.54, 1.807) is 18.2 Å². The molecule has 1 aliphatic heterocycles. The van der Waals surface area contributed by atoms with Crippen LogP contribution in [0.25, 0.3) is 10.8 Å². The molecule has 4 rings (SSSR count). The molecule has 1 saturated heterocycles. The normalized spacial score (nSPS) is 16.6. The van der Waals surface area contributed by atoms with Gasteiger partial charge in [0.2, 0.25) is 0 Å². The van der Waals surface area contributed by atoms with Crippen LogP contribution in [0, 0.1) is 0 Å². The van der Waals surface area contributed by atoms with E-state index >= 15 is 0 Å². The molecule has 0 aliphatic carbocycles. The molecule has 0 saturated carbocycles. The summed E-state index contributed by atoms with van der Waals surface area (Å²) < 4.78 is 32.1. The largest absolute Gasteiger partial charge is 0.444 e. The van der Waals surface area contributed by atoms with Crippen LogP contribution in [0.1, 0.15) is 32.8 Å². The average Bonchev–Trinajstić information content (AvgIpc) is 3.21. The molecule has 3 N–H and O–H groups in total. The molecular formula is C26H31N3O4S. The molecule has 1 atom stereocenters. The lowest BCUT2D eigenvalue weighted by molar-refractivity contribution is 0.0509. The molecule has 3 aromatic carbocycles. The van der Waals surface area contributed by atoms with Crippen molar-refractivity contribution in [1.29, 1.82) is 0 Å². The third kappa shape index (κ3) is 5.44. The van der Waals surface area contributed by atoms with Crippen LogP contribution < -0.4 is 16.0 Å². The van der Waals surface area contributed by atoms with Crippen LogP contribution in [-0.2, 0) is 20.3 Å². The van der Waals surface area contributed by atoms with Crippen molar-refractivity contribution in [1.82, 2.24) is 5.32 Å². The first-order valence-corrected chi connectivity index (χ1v) is 13.0.